The van der Waals surface area contributed by atoms with Gasteiger partial charge in [0, 0.05) is 16.5 Å². The monoisotopic (exact) mass is 323 g/mol. The Morgan fingerprint density at radius 3 is 2.35 bits per heavy atom. The molecule has 0 unspecified atom stereocenters. The Bertz CT molecular complexity index is 882. The fourth-order valence-corrected chi connectivity index (χ4v) is 2.85. The average molecular weight is 324 g/mol. The highest BCUT2D eigenvalue weighted by molar-refractivity contribution is 6.68. The van der Waals surface area contributed by atoms with Crippen LogP contribution in [0.2, 0.25) is 0 Å². The van der Waals surface area contributed by atoms with Gasteiger partial charge in [-0.1, -0.05) is 49.7 Å². The number of hydrogen-bond donors (Lipinski definition) is 0. The summed E-state index contributed by atoms with van der Waals surface area (Å²) in [4.78, 5) is 16.5. The van der Waals surface area contributed by atoms with Crippen molar-refractivity contribution in [1.29, 1.82) is 0 Å². The molecule has 0 bridgehead atoms. The molecule has 0 aliphatic rings. The first kappa shape index (κ1) is 15.7. The molecule has 0 spiro atoms. The number of nitrogens with zero attached hydrogens (tertiary/aromatic N) is 1. The summed E-state index contributed by atoms with van der Waals surface area (Å²) in [6, 6.07) is 15.9. The van der Waals surface area contributed by atoms with Crippen LogP contribution >= 0.6 is 11.6 Å². The fraction of sp³-hybridized carbons (Fsp3) is 0.200. The van der Waals surface area contributed by atoms with E-state index in [9.17, 15) is 4.79 Å². The zero-order valence-corrected chi connectivity index (χ0v) is 14.2. The van der Waals surface area contributed by atoms with Crippen LogP contribution in [0, 0.1) is 6.92 Å². The van der Waals surface area contributed by atoms with Crippen LogP contribution in [-0.4, -0.2) is 10.2 Å². The van der Waals surface area contributed by atoms with E-state index in [1.807, 2.05) is 37.3 Å². The molecule has 3 heteroatoms. The summed E-state index contributed by atoms with van der Waals surface area (Å²) in [6.07, 6.45) is 0. The highest BCUT2D eigenvalue weighted by Gasteiger charge is 2.12. The number of fused-ring (bicyclic) bond motifs is 1. The van der Waals surface area contributed by atoms with E-state index in [4.69, 9.17) is 16.6 Å². The van der Waals surface area contributed by atoms with E-state index in [1.165, 1.54) is 5.56 Å². The van der Waals surface area contributed by atoms with Gasteiger partial charge in [0.1, 0.15) is 0 Å². The van der Waals surface area contributed by atoms with Crippen molar-refractivity contribution in [2.24, 2.45) is 0 Å². The van der Waals surface area contributed by atoms with Crippen LogP contribution in [0.4, 0.5) is 0 Å². The molecule has 2 aromatic carbocycles. The summed E-state index contributed by atoms with van der Waals surface area (Å²) in [5, 5.41) is 0.343. The number of hydrogen-bond acceptors (Lipinski definition) is 2. The number of halogens is 1. The third-order valence-electron chi connectivity index (χ3n) is 4.05. The van der Waals surface area contributed by atoms with Gasteiger partial charge in [-0.15, -0.1) is 0 Å². The number of carbonyl (C=O) groups excluding carboxylic acids is 1. The number of pyridine rings is 1. The Balaban J connectivity index is 2.18. The minimum atomic E-state index is -0.456. The molecule has 0 saturated heterocycles. The largest absolute Gasteiger partial charge is 0.276 e. The maximum Gasteiger partial charge on any atom is 0.253 e. The molecule has 0 fully saturated rings. The Morgan fingerprint density at radius 1 is 1.04 bits per heavy atom. The smallest absolute Gasteiger partial charge is 0.253 e. The first-order chi connectivity index (χ1) is 11.0. The van der Waals surface area contributed by atoms with Crippen molar-refractivity contribution in [1.82, 2.24) is 4.98 Å². The van der Waals surface area contributed by atoms with E-state index in [2.05, 4.69) is 26.0 Å². The van der Waals surface area contributed by atoms with Crippen LogP contribution in [0.25, 0.3) is 22.2 Å². The molecule has 0 radical (unpaired) electrons. The van der Waals surface area contributed by atoms with E-state index in [1.54, 1.807) is 6.07 Å². The van der Waals surface area contributed by atoms with Gasteiger partial charge in [0.15, 0.2) is 0 Å². The highest BCUT2D eigenvalue weighted by Crippen LogP contribution is 2.27. The van der Waals surface area contributed by atoms with Crippen LogP contribution in [0.15, 0.2) is 48.5 Å². The molecule has 0 saturated carbocycles. The third-order valence-corrected chi connectivity index (χ3v) is 4.25. The minimum Gasteiger partial charge on any atom is -0.276 e. The van der Waals surface area contributed by atoms with Crippen molar-refractivity contribution < 1.29 is 4.79 Å². The molecule has 0 aliphatic carbocycles. The molecule has 1 aromatic heterocycles. The van der Waals surface area contributed by atoms with E-state index >= 15 is 0 Å². The highest BCUT2D eigenvalue weighted by atomic mass is 35.5. The van der Waals surface area contributed by atoms with Gasteiger partial charge < -0.3 is 0 Å². The molecular formula is C20H18ClNO. The lowest BCUT2D eigenvalue weighted by molar-refractivity contribution is 0.108. The molecule has 0 atom stereocenters. The molecule has 23 heavy (non-hydrogen) atoms. The molecule has 2 nitrogen and oxygen atoms in total. The van der Waals surface area contributed by atoms with Crippen LogP contribution in [0.1, 0.15) is 41.3 Å². The topological polar surface area (TPSA) is 30.0 Å². The van der Waals surface area contributed by atoms with Crippen molar-refractivity contribution in [2.75, 3.05) is 0 Å². The molecule has 116 valence electrons. The minimum absolute atomic E-state index is 0.456. The summed E-state index contributed by atoms with van der Waals surface area (Å²) >= 11 is 5.79. The predicted octanol–water partition coefficient (Wildman–Crippen LogP) is 5.71. The van der Waals surface area contributed by atoms with Crippen LogP contribution in [-0.2, 0) is 0 Å². The van der Waals surface area contributed by atoms with Crippen molar-refractivity contribution in [3.63, 3.8) is 0 Å². The second-order valence-corrected chi connectivity index (χ2v) is 6.47. The van der Waals surface area contributed by atoms with Gasteiger partial charge in [-0.3, -0.25) is 4.79 Å². The molecule has 0 aliphatic heterocycles. The lowest BCUT2D eigenvalue weighted by Crippen LogP contribution is -1.96. The van der Waals surface area contributed by atoms with E-state index < -0.39 is 5.24 Å². The Kier molecular flexibility index (Phi) is 4.18. The van der Waals surface area contributed by atoms with Gasteiger partial charge in [0.2, 0.25) is 0 Å². The number of carbonyl (C=O) groups is 1. The summed E-state index contributed by atoms with van der Waals surface area (Å²) in [7, 11) is 0. The van der Waals surface area contributed by atoms with Gasteiger partial charge in [-0.2, -0.15) is 0 Å². The van der Waals surface area contributed by atoms with Crippen LogP contribution in [0.5, 0.6) is 0 Å². The van der Waals surface area contributed by atoms with Gasteiger partial charge in [-0.05, 0) is 48.2 Å². The zero-order valence-electron chi connectivity index (χ0n) is 13.4. The zero-order chi connectivity index (χ0) is 16.6. The molecule has 0 amide bonds. The Labute approximate surface area is 141 Å². The lowest BCUT2D eigenvalue weighted by atomic mass is 9.99. The number of rotatable bonds is 3. The second-order valence-electron chi connectivity index (χ2n) is 6.13. The normalized spacial score (nSPS) is 11.2. The van der Waals surface area contributed by atoms with E-state index in [0.29, 0.717) is 11.5 Å². The van der Waals surface area contributed by atoms with Crippen molar-refractivity contribution in [2.45, 2.75) is 26.7 Å². The maximum atomic E-state index is 11.8. The number of benzene rings is 2. The molecule has 1 heterocycles. The summed E-state index contributed by atoms with van der Waals surface area (Å²) in [5.41, 5.74) is 5.39. The lowest BCUT2D eigenvalue weighted by Gasteiger charge is -2.10. The second kappa shape index (κ2) is 6.13. The van der Waals surface area contributed by atoms with Gasteiger partial charge in [0.25, 0.3) is 5.24 Å². The van der Waals surface area contributed by atoms with Crippen molar-refractivity contribution in [3.05, 3.63) is 65.2 Å². The third kappa shape index (κ3) is 3.13. The summed E-state index contributed by atoms with van der Waals surface area (Å²) < 4.78 is 0. The maximum absolute atomic E-state index is 11.8. The molecular weight excluding hydrogens is 306 g/mol. The van der Waals surface area contributed by atoms with Gasteiger partial charge in [0.05, 0.1) is 11.2 Å². The van der Waals surface area contributed by atoms with Gasteiger partial charge >= 0.3 is 0 Å². The molecule has 3 rings (SSSR count). The Morgan fingerprint density at radius 2 is 1.74 bits per heavy atom. The van der Waals surface area contributed by atoms with Crippen molar-refractivity contribution in [3.8, 4) is 11.3 Å². The van der Waals surface area contributed by atoms with Gasteiger partial charge in [-0.25, -0.2) is 4.98 Å². The molecule has 3 aromatic rings. The summed E-state index contributed by atoms with van der Waals surface area (Å²) in [6.45, 7) is 6.31. The first-order valence-electron chi connectivity index (χ1n) is 7.67. The number of aryl methyl sites for hydroxylation is 1. The van der Waals surface area contributed by atoms with E-state index in [0.717, 1.165) is 27.7 Å². The average Bonchev–Trinajstić information content (AvgIpc) is 2.53. The fourth-order valence-electron chi connectivity index (χ4n) is 2.69. The van der Waals surface area contributed by atoms with Crippen LogP contribution < -0.4 is 0 Å². The van der Waals surface area contributed by atoms with E-state index in [-0.39, 0.29) is 0 Å². The van der Waals surface area contributed by atoms with Crippen molar-refractivity contribution >= 4 is 27.7 Å². The SMILES string of the molecule is Cc1ccc2nc(-c3ccc(C(C)C)cc3)cc(C(=O)Cl)c2c1. The quantitative estimate of drug-likeness (QED) is 0.577. The summed E-state index contributed by atoms with van der Waals surface area (Å²) in [5.74, 6) is 0.483. The molecule has 0 N–H and O–H groups in total. The predicted molar refractivity (Wildman–Crippen MR) is 96.2 cm³/mol. The Hall–Kier alpha value is -2.19. The number of aromatic nitrogens is 1. The first-order valence-corrected chi connectivity index (χ1v) is 8.05. The van der Waals surface area contributed by atoms with Crippen LogP contribution in [0.3, 0.4) is 0 Å². The standard InChI is InChI=1S/C20H18ClNO/c1-12(2)14-5-7-15(8-6-14)19-11-17(20(21)23)16-10-13(3)4-9-18(16)22-19/h4-12H,1-3H3.